The summed E-state index contributed by atoms with van der Waals surface area (Å²) in [5.41, 5.74) is 5.00. The quantitative estimate of drug-likeness (QED) is 0.556. The zero-order valence-corrected chi connectivity index (χ0v) is 9.55. The van der Waals surface area contributed by atoms with Crippen LogP contribution < -0.4 is 5.73 Å². The van der Waals surface area contributed by atoms with Gasteiger partial charge in [0.1, 0.15) is 6.61 Å². The maximum Gasteiger partial charge on any atom is 0.490 e. The van der Waals surface area contributed by atoms with Crippen LogP contribution in [0.15, 0.2) is 0 Å². The van der Waals surface area contributed by atoms with Crippen LogP contribution in [0.1, 0.15) is 32.6 Å². The molecule has 0 heterocycles. The van der Waals surface area contributed by atoms with Crippen LogP contribution in [0.4, 0.5) is 13.2 Å². The van der Waals surface area contributed by atoms with Gasteiger partial charge < -0.3 is 10.5 Å². The highest BCUT2D eigenvalue weighted by molar-refractivity contribution is 5.78. The van der Waals surface area contributed by atoms with Gasteiger partial charge in [-0.15, -0.1) is 0 Å². The summed E-state index contributed by atoms with van der Waals surface area (Å²) in [7, 11) is 0. The van der Waals surface area contributed by atoms with Crippen LogP contribution in [0.5, 0.6) is 0 Å². The van der Waals surface area contributed by atoms with Crippen LogP contribution in [-0.2, 0) is 14.3 Å². The zero-order chi connectivity index (χ0) is 13.5. The van der Waals surface area contributed by atoms with E-state index in [0.29, 0.717) is 12.8 Å². The number of nitrogens with two attached hydrogens (primary N) is 1. The number of unbranched alkanes of at least 4 members (excludes halogenated alkanes) is 2. The van der Waals surface area contributed by atoms with Gasteiger partial charge >= 0.3 is 12.1 Å². The van der Waals surface area contributed by atoms with E-state index in [9.17, 15) is 22.8 Å². The number of hydrogen-bond donors (Lipinski definition) is 1. The standard InChI is InChI=1S/C10H16F3NO3/c1-2-3-4-5-7(8(14)15)6-17-9(16)10(11,12)13/h7H,2-6H2,1H3,(H2,14,15). The number of primary amides is 1. The smallest absolute Gasteiger partial charge is 0.458 e. The minimum absolute atomic E-state index is 0.328. The van der Waals surface area contributed by atoms with Crippen molar-refractivity contribution < 1.29 is 27.5 Å². The number of esters is 1. The Kier molecular flexibility index (Phi) is 6.60. The molecule has 0 bridgehead atoms. The highest BCUT2D eigenvalue weighted by Crippen LogP contribution is 2.18. The minimum Gasteiger partial charge on any atom is -0.458 e. The average molecular weight is 255 g/mol. The number of ether oxygens (including phenoxy) is 1. The zero-order valence-electron chi connectivity index (χ0n) is 9.55. The lowest BCUT2D eigenvalue weighted by atomic mass is 10.0. The molecule has 0 aliphatic rings. The van der Waals surface area contributed by atoms with Crippen LogP contribution in [0, 0.1) is 5.92 Å². The van der Waals surface area contributed by atoms with E-state index in [1.165, 1.54) is 0 Å². The summed E-state index contributed by atoms with van der Waals surface area (Å²) in [6.07, 6.45) is -2.29. The van der Waals surface area contributed by atoms with Gasteiger partial charge in [-0.1, -0.05) is 26.2 Å². The van der Waals surface area contributed by atoms with Gasteiger partial charge in [0.05, 0.1) is 5.92 Å². The van der Waals surface area contributed by atoms with Crippen molar-refractivity contribution in [2.75, 3.05) is 6.61 Å². The van der Waals surface area contributed by atoms with Gasteiger partial charge in [0.15, 0.2) is 0 Å². The number of carbonyl (C=O) groups is 2. The first-order chi connectivity index (χ1) is 7.79. The van der Waals surface area contributed by atoms with E-state index in [4.69, 9.17) is 5.73 Å². The SMILES string of the molecule is CCCCCC(COC(=O)C(F)(F)F)C(N)=O. The summed E-state index contributed by atoms with van der Waals surface area (Å²) in [4.78, 5) is 21.3. The van der Waals surface area contributed by atoms with Gasteiger partial charge in [0.25, 0.3) is 0 Å². The number of carbonyl (C=O) groups excluding carboxylic acids is 2. The van der Waals surface area contributed by atoms with Crippen LogP contribution in [0.25, 0.3) is 0 Å². The Labute approximate surface area is 97.3 Å². The first kappa shape index (κ1) is 15.7. The highest BCUT2D eigenvalue weighted by atomic mass is 19.4. The van der Waals surface area contributed by atoms with Crippen LogP contribution in [0.3, 0.4) is 0 Å². The Bertz CT molecular complexity index is 266. The summed E-state index contributed by atoms with van der Waals surface area (Å²) in [5.74, 6) is -3.90. The van der Waals surface area contributed by atoms with E-state index in [1.54, 1.807) is 0 Å². The van der Waals surface area contributed by atoms with Crippen LogP contribution in [0.2, 0.25) is 0 Å². The summed E-state index contributed by atoms with van der Waals surface area (Å²) in [5, 5.41) is 0. The van der Waals surface area contributed by atoms with E-state index in [0.717, 1.165) is 12.8 Å². The predicted octanol–water partition coefficient (Wildman–Crippen LogP) is 1.77. The van der Waals surface area contributed by atoms with Gasteiger partial charge in [0.2, 0.25) is 5.91 Å². The maximum absolute atomic E-state index is 11.8. The van der Waals surface area contributed by atoms with Gasteiger partial charge in [-0.2, -0.15) is 13.2 Å². The van der Waals surface area contributed by atoms with E-state index in [2.05, 4.69) is 4.74 Å². The molecule has 1 amide bonds. The monoisotopic (exact) mass is 255 g/mol. The van der Waals surface area contributed by atoms with Crippen molar-refractivity contribution in [3.05, 3.63) is 0 Å². The molecule has 0 spiro atoms. The fraction of sp³-hybridized carbons (Fsp3) is 0.800. The van der Waals surface area contributed by atoms with E-state index >= 15 is 0 Å². The topological polar surface area (TPSA) is 69.4 Å². The molecule has 0 fully saturated rings. The molecule has 100 valence electrons. The Balaban J connectivity index is 4.10. The summed E-state index contributed by atoms with van der Waals surface area (Å²) < 4.78 is 39.4. The molecule has 1 unspecified atom stereocenters. The lowest BCUT2D eigenvalue weighted by Crippen LogP contribution is -2.32. The number of hydrogen-bond acceptors (Lipinski definition) is 3. The number of rotatable bonds is 7. The summed E-state index contributed by atoms with van der Waals surface area (Å²) in [6, 6.07) is 0. The third-order valence-corrected chi connectivity index (χ3v) is 2.21. The van der Waals surface area contributed by atoms with Gasteiger partial charge in [0, 0.05) is 0 Å². The average Bonchev–Trinajstić information content (AvgIpc) is 2.20. The minimum atomic E-state index is -5.04. The predicted molar refractivity (Wildman–Crippen MR) is 53.8 cm³/mol. The fourth-order valence-corrected chi connectivity index (χ4v) is 1.21. The lowest BCUT2D eigenvalue weighted by molar-refractivity contribution is -0.201. The molecule has 0 aliphatic carbocycles. The Morgan fingerprint density at radius 2 is 1.88 bits per heavy atom. The number of amides is 1. The molecular weight excluding hydrogens is 239 g/mol. The van der Waals surface area contributed by atoms with Gasteiger partial charge in [-0.25, -0.2) is 4.79 Å². The molecule has 4 nitrogen and oxygen atoms in total. The van der Waals surface area contributed by atoms with Crippen molar-refractivity contribution in [3.63, 3.8) is 0 Å². The largest absolute Gasteiger partial charge is 0.490 e. The van der Waals surface area contributed by atoms with E-state index in [1.807, 2.05) is 6.92 Å². The van der Waals surface area contributed by atoms with Gasteiger partial charge in [-0.05, 0) is 6.42 Å². The molecule has 17 heavy (non-hydrogen) atoms. The summed E-state index contributed by atoms with van der Waals surface area (Å²) >= 11 is 0. The van der Waals surface area contributed by atoms with Crippen molar-refractivity contribution in [2.45, 2.75) is 38.8 Å². The molecule has 0 radical (unpaired) electrons. The second kappa shape index (κ2) is 7.13. The molecule has 2 N–H and O–H groups in total. The Morgan fingerprint density at radius 3 is 2.29 bits per heavy atom. The molecule has 0 aliphatic heterocycles. The molecule has 0 aromatic rings. The Hall–Kier alpha value is -1.27. The van der Waals surface area contributed by atoms with Crippen molar-refractivity contribution in [1.29, 1.82) is 0 Å². The molecular formula is C10H16F3NO3. The van der Waals surface area contributed by atoms with Crippen LogP contribution >= 0.6 is 0 Å². The fourth-order valence-electron chi connectivity index (χ4n) is 1.21. The van der Waals surface area contributed by atoms with Crippen molar-refractivity contribution >= 4 is 11.9 Å². The Morgan fingerprint density at radius 1 is 1.29 bits per heavy atom. The first-order valence-electron chi connectivity index (χ1n) is 5.32. The van der Waals surface area contributed by atoms with E-state index in [-0.39, 0.29) is 0 Å². The molecule has 0 saturated carbocycles. The second-order valence-corrected chi connectivity index (χ2v) is 3.69. The second-order valence-electron chi connectivity index (χ2n) is 3.69. The molecule has 1 atom stereocenters. The normalized spacial score (nSPS) is 13.2. The third kappa shape index (κ3) is 6.80. The molecule has 0 rings (SSSR count). The first-order valence-corrected chi connectivity index (χ1v) is 5.32. The molecule has 0 aromatic heterocycles. The highest BCUT2D eigenvalue weighted by Gasteiger charge is 2.41. The number of alkyl halides is 3. The van der Waals surface area contributed by atoms with Crippen LogP contribution in [-0.4, -0.2) is 24.7 Å². The summed E-state index contributed by atoms with van der Waals surface area (Å²) in [6.45, 7) is 1.33. The third-order valence-electron chi connectivity index (χ3n) is 2.21. The van der Waals surface area contributed by atoms with E-state index < -0.39 is 30.6 Å². The van der Waals surface area contributed by atoms with Gasteiger partial charge in [-0.3, -0.25) is 4.79 Å². The molecule has 7 heteroatoms. The molecule has 0 aromatic carbocycles. The van der Waals surface area contributed by atoms with Crippen molar-refractivity contribution in [1.82, 2.24) is 0 Å². The molecule has 0 saturated heterocycles. The lowest BCUT2D eigenvalue weighted by Gasteiger charge is -2.14. The number of halogens is 3. The van der Waals surface area contributed by atoms with Crippen molar-refractivity contribution in [3.8, 4) is 0 Å². The van der Waals surface area contributed by atoms with Crippen molar-refractivity contribution in [2.24, 2.45) is 11.7 Å². The maximum atomic E-state index is 11.8.